The Hall–Kier alpha value is -2.77. The molecule has 7 heteroatoms. The van der Waals surface area contributed by atoms with Gasteiger partial charge in [-0.2, -0.15) is 0 Å². The van der Waals surface area contributed by atoms with Crippen LogP contribution in [0.1, 0.15) is 42.1 Å². The van der Waals surface area contributed by atoms with Gasteiger partial charge in [-0.15, -0.1) is 0 Å². The van der Waals surface area contributed by atoms with Gasteiger partial charge in [0.15, 0.2) is 11.5 Å². The van der Waals surface area contributed by atoms with E-state index >= 15 is 0 Å². The molecule has 0 aliphatic carbocycles. The van der Waals surface area contributed by atoms with E-state index in [9.17, 15) is 9.90 Å². The lowest BCUT2D eigenvalue weighted by molar-refractivity contribution is -0.130. The van der Waals surface area contributed by atoms with E-state index in [4.69, 9.17) is 9.47 Å². The summed E-state index contributed by atoms with van der Waals surface area (Å²) in [5.41, 5.74) is 9.32. The lowest BCUT2D eigenvalue weighted by Gasteiger charge is -2.31. The maximum atomic E-state index is 13.3. The van der Waals surface area contributed by atoms with E-state index in [2.05, 4.69) is 17.8 Å². The van der Waals surface area contributed by atoms with Crippen LogP contribution < -0.4 is 20.3 Å². The van der Waals surface area contributed by atoms with Crippen LogP contribution in [0.3, 0.4) is 0 Å². The molecule has 30 heavy (non-hydrogen) atoms. The molecule has 0 bridgehead atoms. The van der Waals surface area contributed by atoms with E-state index in [0.717, 1.165) is 23.1 Å². The summed E-state index contributed by atoms with van der Waals surface area (Å²) < 4.78 is 10.9. The van der Waals surface area contributed by atoms with Gasteiger partial charge in [-0.1, -0.05) is 30.7 Å². The summed E-state index contributed by atoms with van der Waals surface area (Å²) in [6, 6.07) is 10.7. The highest BCUT2D eigenvalue weighted by molar-refractivity contribution is 5.86. The molecule has 4 rings (SSSR count). The summed E-state index contributed by atoms with van der Waals surface area (Å²) in [7, 11) is 3.22. The second kappa shape index (κ2) is 8.16. The van der Waals surface area contributed by atoms with Gasteiger partial charge in [0.25, 0.3) is 0 Å². The molecule has 4 unspecified atom stereocenters. The summed E-state index contributed by atoms with van der Waals surface area (Å²) >= 11 is 0. The van der Waals surface area contributed by atoms with Gasteiger partial charge in [-0.25, -0.2) is 10.9 Å². The van der Waals surface area contributed by atoms with Crippen molar-refractivity contribution in [3.05, 3.63) is 53.1 Å². The molecule has 2 aliphatic heterocycles. The minimum absolute atomic E-state index is 0.0729. The molecule has 0 radical (unpaired) electrons. The highest BCUT2D eigenvalue weighted by Crippen LogP contribution is 2.49. The molecule has 2 fully saturated rings. The monoisotopic (exact) mass is 411 g/mol. The molecule has 0 aromatic heterocycles. The van der Waals surface area contributed by atoms with Crippen molar-refractivity contribution in [2.24, 2.45) is 5.92 Å². The number of rotatable bonds is 6. The smallest absolute Gasteiger partial charge is 0.242 e. The zero-order chi connectivity index (χ0) is 21.4. The molecule has 2 aliphatic rings. The third-order valence-electron chi connectivity index (χ3n) is 6.15. The van der Waals surface area contributed by atoms with E-state index in [1.165, 1.54) is 0 Å². The summed E-state index contributed by atoms with van der Waals surface area (Å²) in [5.74, 6) is 1.50. The summed E-state index contributed by atoms with van der Waals surface area (Å²) in [6.45, 7) is 4.74. The lowest BCUT2D eigenvalue weighted by Crippen LogP contribution is -2.41. The Bertz CT molecular complexity index is 948. The van der Waals surface area contributed by atoms with Gasteiger partial charge in [-0.05, 0) is 37.1 Å². The Morgan fingerprint density at radius 3 is 2.47 bits per heavy atom. The molecule has 7 nitrogen and oxygen atoms in total. The van der Waals surface area contributed by atoms with Crippen LogP contribution >= 0.6 is 0 Å². The highest BCUT2D eigenvalue weighted by atomic mass is 16.5. The van der Waals surface area contributed by atoms with Gasteiger partial charge < -0.3 is 19.5 Å². The van der Waals surface area contributed by atoms with E-state index in [-0.39, 0.29) is 35.7 Å². The first-order valence-corrected chi connectivity index (χ1v) is 10.3. The average molecular weight is 412 g/mol. The molecule has 3 N–H and O–H groups in total. The number of fused-ring (bicyclic) bond motifs is 1. The van der Waals surface area contributed by atoms with Gasteiger partial charge in [0, 0.05) is 18.0 Å². The van der Waals surface area contributed by atoms with Crippen molar-refractivity contribution in [3.63, 3.8) is 0 Å². The number of aryl methyl sites for hydroxylation is 1. The minimum atomic E-state index is -0.362. The van der Waals surface area contributed by atoms with Crippen molar-refractivity contribution in [1.29, 1.82) is 0 Å². The summed E-state index contributed by atoms with van der Waals surface area (Å²) in [5, 5.41) is 10.6. The molecule has 0 saturated carbocycles. The number of phenols is 1. The van der Waals surface area contributed by atoms with Gasteiger partial charge in [0.05, 0.1) is 26.3 Å². The number of aromatic hydroxyl groups is 1. The quantitative estimate of drug-likeness (QED) is 0.678. The number of methoxy groups -OCH3 is 2. The van der Waals surface area contributed by atoms with Crippen molar-refractivity contribution in [3.8, 4) is 17.2 Å². The molecule has 2 saturated heterocycles. The Morgan fingerprint density at radius 1 is 1.03 bits per heavy atom. The zero-order valence-corrected chi connectivity index (χ0v) is 17.8. The predicted molar refractivity (Wildman–Crippen MR) is 113 cm³/mol. The Morgan fingerprint density at radius 2 is 1.77 bits per heavy atom. The summed E-state index contributed by atoms with van der Waals surface area (Å²) in [4.78, 5) is 15.2. The van der Waals surface area contributed by atoms with Crippen LogP contribution in [0, 0.1) is 12.8 Å². The Labute approximate surface area is 177 Å². The number of hydrogen-bond acceptors (Lipinski definition) is 6. The van der Waals surface area contributed by atoms with Crippen LogP contribution in [0.5, 0.6) is 17.2 Å². The largest absolute Gasteiger partial charge is 0.508 e. The number of benzene rings is 2. The fourth-order valence-corrected chi connectivity index (χ4v) is 4.82. The van der Waals surface area contributed by atoms with Crippen molar-refractivity contribution in [2.75, 3.05) is 20.8 Å². The van der Waals surface area contributed by atoms with Gasteiger partial charge in [0.2, 0.25) is 5.91 Å². The van der Waals surface area contributed by atoms with Crippen LogP contribution in [0.2, 0.25) is 0 Å². The van der Waals surface area contributed by atoms with E-state index in [1.807, 2.05) is 42.2 Å². The third-order valence-corrected chi connectivity index (χ3v) is 6.15. The number of carbonyl (C=O) groups excluding carboxylic acids is 1. The third kappa shape index (κ3) is 3.28. The standard InChI is InChI=1S/C23H29N3O4/c1-5-10-26-22(14-7-9-17(29-3)18(12-14)30-4)19-20(24-25-21(19)23(26)28)15-11-13(2)6-8-16(15)27/h6-9,11-12,19-22,24-25,27H,5,10H2,1-4H3. The van der Waals surface area contributed by atoms with Crippen LogP contribution in [0.4, 0.5) is 0 Å². The minimum Gasteiger partial charge on any atom is -0.508 e. The first-order valence-electron chi connectivity index (χ1n) is 10.3. The number of hydrazine groups is 1. The SMILES string of the molecule is CCCN1C(=O)C2NNC(c3cc(C)ccc3O)C2C1c1ccc(OC)c(OC)c1. The lowest BCUT2D eigenvalue weighted by atomic mass is 9.82. The number of ether oxygens (including phenoxy) is 2. The highest BCUT2D eigenvalue weighted by Gasteiger charge is 2.55. The summed E-state index contributed by atoms with van der Waals surface area (Å²) in [6.07, 6.45) is 0.864. The number of likely N-dealkylation sites (tertiary alicyclic amines) is 1. The first kappa shape index (κ1) is 20.5. The number of nitrogens with zero attached hydrogens (tertiary/aromatic N) is 1. The van der Waals surface area contributed by atoms with Crippen molar-refractivity contribution >= 4 is 5.91 Å². The number of amides is 1. The van der Waals surface area contributed by atoms with E-state index < -0.39 is 0 Å². The average Bonchev–Trinajstić information content (AvgIpc) is 3.29. The maximum Gasteiger partial charge on any atom is 0.242 e. The van der Waals surface area contributed by atoms with Crippen LogP contribution in [0.25, 0.3) is 0 Å². The fraction of sp³-hybridized carbons (Fsp3) is 0.435. The molecule has 0 spiro atoms. The van der Waals surface area contributed by atoms with Crippen molar-refractivity contribution < 1.29 is 19.4 Å². The predicted octanol–water partition coefficient (Wildman–Crippen LogP) is 2.85. The second-order valence-electron chi connectivity index (χ2n) is 7.97. The normalized spacial score (nSPS) is 25.5. The molecule has 2 aromatic rings. The molecule has 160 valence electrons. The molecular weight excluding hydrogens is 382 g/mol. The van der Waals surface area contributed by atoms with Gasteiger partial charge in [-0.3, -0.25) is 4.79 Å². The zero-order valence-electron chi connectivity index (χ0n) is 17.8. The van der Waals surface area contributed by atoms with Crippen LogP contribution in [-0.4, -0.2) is 42.7 Å². The van der Waals surface area contributed by atoms with Crippen LogP contribution in [-0.2, 0) is 4.79 Å². The van der Waals surface area contributed by atoms with Crippen LogP contribution in [0.15, 0.2) is 36.4 Å². The molecule has 2 aromatic carbocycles. The maximum absolute atomic E-state index is 13.3. The second-order valence-corrected chi connectivity index (χ2v) is 7.97. The topological polar surface area (TPSA) is 83.1 Å². The van der Waals surface area contributed by atoms with E-state index in [0.29, 0.717) is 18.0 Å². The van der Waals surface area contributed by atoms with Gasteiger partial charge >= 0.3 is 0 Å². The van der Waals surface area contributed by atoms with E-state index in [1.54, 1.807) is 20.3 Å². The Balaban J connectivity index is 1.81. The van der Waals surface area contributed by atoms with Crippen molar-refractivity contribution in [2.45, 2.75) is 38.4 Å². The first-order chi connectivity index (χ1) is 14.5. The molecule has 4 atom stereocenters. The number of hydrogen-bond donors (Lipinski definition) is 3. The molecule has 1 amide bonds. The molecule has 2 heterocycles. The molecular formula is C23H29N3O4. The number of nitrogens with one attached hydrogen (secondary N) is 2. The Kier molecular flexibility index (Phi) is 5.58. The van der Waals surface area contributed by atoms with Gasteiger partial charge in [0.1, 0.15) is 11.8 Å². The van der Waals surface area contributed by atoms with Crippen molar-refractivity contribution in [1.82, 2.24) is 15.8 Å². The number of phenolic OH excluding ortho intramolecular Hbond substituents is 1. The fourth-order valence-electron chi connectivity index (χ4n) is 4.82. The number of carbonyl (C=O) groups is 1.